The first-order valence-electron chi connectivity index (χ1n) is 9.29. The normalized spacial score (nSPS) is 11.6. The number of thioether (sulfide) groups is 1. The van der Waals surface area contributed by atoms with E-state index in [1.807, 2.05) is 13.8 Å². The van der Waals surface area contributed by atoms with Crippen LogP contribution in [-0.4, -0.2) is 70.7 Å². The molecule has 0 fully saturated rings. The summed E-state index contributed by atoms with van der Waals surface area (Å²) >= 11 is 0.971. The minimum Gasteiger partial charge on any atom is -0.452 e. The lowest BCUT2D eigenvalue weighted by molar-refractivity contribution is -0.157. The summed E-state index contributed by atoms with van der Waals surface area (Å²) in [7, 11) is 2.43. The van der Waals surface area contributed by atoms with Crippen molar-refractivity contribution >= 4 is 40.8 Å². The maximum absolute atomic E-state index is 12.4. The standard InChI is InChI=1S/C18H31N3O7S/c1-12(2)8-9-14(11-29-13(3)22)16(24)21(27)17(25)19-10-6-7-15(23)20(4)18(26)28-5/h12,14,27H,6-11H2,1-5H3,(H,19,25)/t14-/m1/s1. The number of hydrogen-bond acceptors (Lipinski definition) is 8. The highest BCUT2D eigenvalue weighted by Crippen LogP contribution is 2.20. The molecular weight excluding hydrogens is 402 g/mol. The number of methoxy groups -OCH3 is 1. The number of rotatable bonds is 10. The number of carbonyl (C=O) groups is 5. The van der Waals surface area contributed by atoms with Crippen LogP contribution in [0.5, 0.6) is 0 Å². The molecule has 11 heteroatoms. The topological polar surface area (TPSA) is 133 Å². The van der Waals surface area contributed by atoms with Crippen LogP contribution in [0, 0.1) is 11.8 Å². The zero-order chi connectivity index (χ0) is 22.6. The Morgan fingerprint density at radius 1 is 1.14 bits per heavy atom. The summed E-state index contributed by atoms with van der Waals surface area (Å²) in [4.78, 5) is 59.4. The van der Waals surface area contributed by atoms with Crippen molar-refractivity contribution in [3.63, 3.8) is 0 Å². The van der Waals surface area contributed by atoms with Gasteiger partial charge in [-0.25, -0.2) is 9.59 Å². The lowest BCUT2D eigenvalue weighted by Crippen LogP contribution is -2.45. The number of hydroxylamine groups is 2. The van der Waals surface area contributed by atoms with Crippen molar-refractivity contribution in [1.29, 1.82) is 0 Å². The van der Waals surface area contributed by atoms with Crippen molar-refractivity contribution in [2.24, 2.45) is 11.8 Å². The van der Waals surface area contributed by atoms with Crippen LogP contribution in [-0.2, 0) is 19.1 Å². The summed E-state index contributed by atoms with van der Waals surface area (Å²) in [6.45, 7) is 5.38. The SMILES string of the molecule is COC(=O)N(C)C(=O)CCCNC(=O)N(O)C(=O)[C@H](CCC(C)C)CSC(C)=O. The van der Waals surface area contributed by atoms with Gasteiger partial charge in [-0.1, -0.05) is 32.0 Å². The van der Waals surface area contributed by atoms with Gasteiger partial charge in [0.1, 0.15) is 0 Å². The van der Waals surface area contributed by atoms with E-state index in [1.54, 1.807) is 0 Å². The highest BCUT2D eigenvalue weighted by molar-refractivity contribution is 8.13. The Kier molecular flexibility index (Phi) is 12.9. The summed E-state index contributed by atoms with van der Waals surface area (Å²) in [6.07, 6.45) is 0.528. The lowest BCUT2D eigenvalue weighted by Gasteiger charge is -2.21. The van der Waals surface area contributed by atoms with Crippen LogP contribution in [0.1, 0.15) is 46.5 Å². The molecular formula is C18H31N3O7S. The Labute approximate surface area is 175 Å². The van der Waals surface area contributed by atoms with Gasteiger partial charge in [0.2, 0.25) is 5.91 Å². The highest BCUT2D eigenvalue weighted by atomic mass is 32.2. The van der Waals surface area contributed by atoms with Gasteiger partial charge >= 0.3 is 12.1 Å². The molecule has 0 saturated carbocycles. The second kappa shape index (κ2) is 13.9. The average molecular weight is 434 g/mol. The van der Waals surface area contributed by atoms with Crippen molar-refractivity contribution in [2.75, 3.05) is 26.5 Å². The van der Waals surface area contributed by atoms with E-state index in [0.717, 1.165) is 23.8 Å². The van der Waals surface area contributed by atoms with E-state index in [9.17, 15) is 29.2 Å². The zero-order valence-corrected chi connectivity index (χ0v) is 18.4. The Morgan fingerprint density at radius 2 is 1.76 bits per heavy atom. The molecule has 0 aliphatic carbocycles. The smallest absolute Gasteiger partial charge is 0.415 e. The summed E-state index contributed by atoms with van der Waals surface area (Å²) in [5, 5.41) is 12.1. The summed E-state index contributed by atoms with van der Waals surface area (Å²) in [6, 6.07) is -1.01. The molecule has 0 radical (unpaired) electrons. The molecule has 0 saturated heterocycles. The summed E-state index contributed by atoms with van der Waals surface area (Å²) in [5.74, 6) is -1.43. The van der Waals surface area contributed by atoms with Gasteiger partial charge in [0.15, 0.2) is 5.12 Å². The van der Waals surface area contributed by atoms with Gasteiger partial charge < -0.3 is 10.1 Å². The molecule has 5 amide bonds. The molecule has 0 aromatic heterocycles. The van der Waals surface area contributed by atoms with Gasteiger partial charge in [-0.2, -0.15) is 0 Å². The number of imide groups is 2. The molecule has 0 aliphatic heterocycles. The van der Waals surface area contributed by atoms with Gasteiger partial charge in [0.05, 0.1) is 13.0 Å². The van der Waals surface area contributed by atoms with Crippen LogP contribution >= 0.6 is 11.8 Å². The summed E-state index contributed by atoms with van der Waals surface area (Å²) < 4.78 is 4.42. The van der Waals surface area contributed by atoms with E-state index >= 15 is 0 Å². The third kappa shape index (κ3) is 10.8. The highest BCUT2D eigenvalue weighted by Gasteiger charge is 2.28. The average Bonchev–Trinajstić information content (AvgIpc) is 2.67. The van der Waals surface area contributed by atoms with Crippen LogP contribution in [0.3, 0.4) is 0 Å². The number of nitrogens with zero attached hydrogens (tertiary/aromatic N) is 2. The first kappa shape index (κ1) is 26.9. The third-order valence-electron chi connectivity index (χ3n) is 4.00. The fraction of sp³-hybridized carbons (Fsp3) is 0.722. The molecule has 0 rings (SSSR count). The minimum absolute atomic E-state index is 0.0166. The van der Waals surface area contributed by atoms with E-state index in [4.69, 9.17) is 0 Å². The van der Waals surface area contributed by atoms with Gasteiger partial charge in [0.25, 0.3) is 5.91 Å². The predicted molar refractivity (Wildman–Crippen MR) is 107 cm³/mol. The molecule has 0 unspecified atom stereocenters. The second-order valence-electron chi connectivity index (χ2n) is 6.88. The molecule has 0 bridgehead atoms. The van der Waals surface area contributed by atoms with Crippen LogP contribution in [0.15, 0.2) is 0 Å². The molecule has 0 aliphatic rings. The number of nitrogens with one attached hydrogen (secondary N) is 1. The van der Waals surface area contributed by atoms with E-state index < -0.39 is 29.9 Å². The molecule has 10 nitrogen and oxygen atoms in total. The Hall–Kier alpha value is -2.14. The molecule has 0 aromatic carbocycles. The maximum atomic E-state index is 12.4. The third-order valence-corrected chi connectivity index (χ3v) is 4.97. The van der Waals surface area contributed by atoms with Gasteiger partial charge in [-0.15, -0.1) is 5.06 Å². The van der Waals surface area contributed by atoms with E-state index in [1.165, 1.54) is 14.0 Å². The van der Waals surface area contributed by atoms with Crippen LogP contribution in [0.2, 0.25) is 0 Å². The van der Waals surface area contributed by atoms with Crippen molar-refractivity contribution in [2.45, 2.75) is 46.5 Å². The Morgan fingerprint density at radius 3 is 2.28 bits per heavy atom. The zero-order valence-electron chi connectivity index (χ0n) is 17.6. The Bertz CT molecular complexity index is 598. The molecule has 1 atom stereocenters. The fourth-order valence-electron chi connectivity index (χ4n) is 2.22. The van der Waals surface area contributed by atoms with Crippen molar-refractivity contribution in [3.8, 4) is 0 Å². The van der Waals surface area contributed by atoms with Gasteiger partial charge in [-0.05, 0) is 18.8 Å². The fourth-order valence-corrected chi connectivity index (χ4v) is 2.96. The molecule has 2 N–H and O–H groups in total. The Balaban J connectivity index is 4.57. The van der Waals surface area contributed by atoms with Crippen LogP contribution in [0.25, 0.3) is 0 Å². The largest absolute Gasteiger partial charge is 0.452 e. The van der Waals surface area contributed by atoms with E-state index in [-0.39, 0.29) is 35.3 Å². The second-order valence-corrected chi connectivity index (χ2v) is 8.08. The van der Waals surface area contributed by atoms with Crippen LogP contribution in [0.4, 0.5) is 9.59 Å². The van der Waals surface area contributed by atoms with E-state index in [0.29, 0.717) is 18.8 Å². The number of carbonyl (C=O) groups excluding carboxylic acids is 5. The first-order chi connectivity index (χ1) is 13.5. The molecule has 0 heterocycles. The number of urea groups is 1. The molecule has 166 valence electrons. The van der Waals surface area contributed by atoms with Gasteiger partial charge in [0, 0.05) is 32.7 Å². The number of amides is 5. The van der Waals surface area contributed by atoms with Gasteiger partial charge in [-0.3, -0.25) is 24.5 Å². The minimum atomic E-state index is -1.01. The van der Waals surface area contributed by atoms with Crippen molar-refractivity contribution in [3.05, 3.63) is 0 Å². The van der Waals surface area contributed by atoms with Crippen LogP contribution < -0.4 is 5.32 Å². The first-order valence-corrected chi connectivity index (χ1v) is 10.3. The van der Waals surface area contributed by atoms with E-state index in [2.05, 4.69) is 10.1 Å². The summed E-state index contributed by atoms with van der Waals surface area (Å²) in [5.41, 5.74) is 0. The predicted octanol–water partition coefficient (Wildman–Crippen LogP) is 2.25. The maximum Gasteiger partial charge on any atom is 0.415 e. The number of ether oxygens (including phenoxy) is 1. The quantitative estimate of drug-likeness (QED) is 0.304. The molecule has 0 spiro atoms. The number of hydrogen-bond donors (Lipinski definition) is 2. The van der Waals surface area contributed by atoms with Crippen molar-refractivity contribution in [1.82, 2.24) is 15.3 Å². The van der Waals surface area contributed by atoms with Crippen molar-refractivity contribution < 1.29 is 33.9 Å². The molecule has 29 heavy (non-hydrogen) atoms. The monoisotopic (exact) mass is 433 g/mol. The lowest BCUT2D eigenvalue weighted by atomic mass is 9.98. The molecule has 0 aromatic rings.